The minimum atomic E-state index is -0.650. The maximum absolute atomic E-state index is 9.98. The fraction of sp³-hybridized carbons (Fsp3) is 0.280. The quantitative estimate of drug-likeness (QED) is 0.440. The molecule has 0 saturated carbocycles. The second kappa shape index (κ2) is 10.6. The molecule has 0 fully saturated rings. The normalized spacial score (nSPS) is 14.1. The lowest BCUT2D eigenvalue weighted by Crippen LogP contribution is -2.37. The molecule has 4 nitrogen and oxygen atoms in total. The first-order valence-corrected chi connectivity index (χ1v) is 10.9. The fourth-order valence-electron chi connectivity index (χ4n) is 3.27. The molecule has 0 aliphatic carbocycles. The van der Waals surface area contributed by atoms with Crippen molar-refractivity contribution >= 4 is 11.8 Å². The van der Waals surface area contributed by atoms with E-state index in [9.17, 15) is 5.11 Å². The van der Waals surface area contributed by atoms with Crippen LogP contribution in [0.25, 0.3) is 0 Å². The molecule has 2 unspecified atom stereocenters. The number of hydrogen-bond donors (Lipinski definition) is 3. The van der Waals surface area contributed by atoms with Gasteiger partial charge in [0.25, 0.3) is 0 Å². The molecule has 0 bridgehead atoms. The van der Waals surface area contributed by atoms with Gasteiger partial charge in [0.15, 0.2) is 0 Å². The molecular formula is C25H29NO3S. The van der Waals surface area contributed by atoms with Crippen LogP contribution in [0.15, 0.2) is 88.7 Å². The third-order valence-corrected chi connectivity index (χ3v) is 5.92. The van der Waals surface area contributed by atoms with Crippen molar-refractivity contribution in [3.8, 4) is 5.75 Å². The number of nitrogens with two attached hydrogens (primary N) is 1. The molecule has 30 heavy (non-hydrogen) atoms. The van der Waals surface area contributed by atoms with Crippen molar-refractivity contribution in [1.29, 1.82) is 0 Å². The number of aliphatic hydroxyl groups excluding tert-OH is 2. The Morgan fingerprint density at radius 3 is 2.40 bits per heavy atom. The van der Waals surface area contributed by atoms with E-state index in [1.807, 2.05) is 79.7 Å². The van der Waals surface area contributed by atoms with E-state index < -0.39 is 11.6 Å². The summed E-state index contributed by atoms with van der Waals surface area (Å²) in [6.07, 6.45) is 0.127. The lowest BCUT2D eigenvalue weighted by atomic mass is 9.87. The van der Waals surface area contributed by atoms with Crippen LogP contribution in [0, 0.1) is 0 Å². The van der Waals surface area contributed by atoms with E-state index in [2.05, 4.69) is 6.07 Å². The van der Waals surface area contributed by atoms with E-state index in [-0.39, 0.29) is 6.61 Å². The summed E-state index contributed by atoms with van der Waals surface area (Å²) in [6, 6.07) is 26.3. The molecule has 3 aromatic rings. The first-order chi connectivity index (χ1) is 14.5. The van der Waals surface area contributed by atoms with Crippen LogP contribution in [0.4, 0.5) is 0 Å². The molecule has 158 valence electrons. The molecule has 0 heterocycles. The predicted molar refractivity (Wildman–Crippen MR) is 122 cm³/mol. The molecular weight excluding hydrogens is 394 g/mol. The van der Waals surface area contributed by atoms with Gasteiger partial charge in [0.2, 0.25) is 0 Å². The van der Waals surface area contributed by atoms with E-state index >= 15 is 0 Å². The van der Waals surface area contributed by atoms with Crippen molar-refractivity contribution in [2.75, 3.05) is 6.61 Å². The number of ether oxygens (including phenoxy) is 1. The first-order valence-electron chi connectivity index (χ1n) is 10.1. The van der Waals surface area contributed by atoms with Gasteiger partial charge in [-0.25, -0.2) is 0 Å². The molecule has 4 N–H and O–H groups in total. The zero-order chi connectivity index (χ0) is 21.4. The van der Waals surface area contributed by atoms with Gasteiger partial charge in [-0.2, -0.15) is 0 Å². The van der Waals surface area contributed by atoms with Gasteiger partial charge in [-0.3, -0.25) is 0 Å². The Bertz CT molecular complexity index is 913. The Hall–Kier alpha value is -2.31. The molecule has 2 atom stereocenters. The zero-order valence-electron chi connectivity index (χ0n) is 17.2. The summed E-state index contributed by atoms with van der Waals surface area (Å²) in [7, 11) is 0. The Morgan fingerprint density at radius 2 is 1.70 bits per heavy atom. The van der Waals surface area contributed by atoms with Gasteiger partial charge in [0, 0.05) is 21.9 Å². The standard InChI is InChI=1S/C25H29NO3S/c1-25(26,17-21(28)14-15-27)20-10-12-23(13-11-20)30-24-9-5-8-22(16-24)29-18-19-6-3-2-4-7-19/h2-13,16,21,27-28H,14-15,17-18,26H2,1H3. The number of rotatable bonds is 10. The Kier molecular flexibility index (Phi) is 7.94. The summed E-state index contributed by atoms with van der Waals surface area (Å²) < 4.78 is 5.92. The molecule has 3 aromatic carbocycles. The van der Waals surface area contributed by atoms with Gasteiger partial charge in [0.05, 0.1) is 6.10 Å². The van der Waals surface area contributed by atoms with Gasteiger partial charge in [-0.05, 0) is 61.2 Å². The summed E-state index contributed by atoms with van der Waals surface area (Å²) in [5.41, 5.74) is 7.86. The summed E-state index contributed by atoms with van der Waals surface area (Å²) in [6.45, 7) is 2.41. The SMILES string of the molecule is CC(N)(CC(O)CCO)c1ccc(Sc2cccc(OCc3ccccc3)c2)cc1. The smallest absolute Gasteiger partial charge is 0.120 e. The van der Waals surface area contributed by atoms with Crippen molar-refractivity contribution in [3.63, 3.8) is 0 Å². The molecule has 0 radical (unpaired) electrons. The lowest BCUT2D eigenvalue weighted by Gasteiger charge is -2.28. The third kappa shape index (κ3) is 6.61. The molecule has 5 heteroatoms. The Morgan fingerprint density at radius 1 is 0.967 bits per heavy atom. The second-order valence-electron chi connectivity index (χ2n) is 7.66. The fourth-order valence-corrected chi connectivity index (χ4v) is 4.13. The van der Waals surface area contributed by atoms with E-state index in [0.717, 1.165) is 26.7 Å². The highest BCUT2D eigenvalue weighted by molar-refractivity contribution is 7.99. The number of aliphatic hydroxyl groups is 2. The monoisotopic (exact) mass is 423 g/mol. The highest BCUT2D eigenvalue weighted by atomic mass is 32.2. The second-order valence-corrected chi connectivity index (χ2v) is 8.81. The molecule has 0 aliphatic rings. The Balaban J connectivity index is 1.61. The first kappa shape index (κ1) is 22.4. The topological polar surface area (TPSA) is 75.7 Å². The third-order valence-electron chi connectivity index (χ3n) is 4.93. The average molecular weight is 424 g/mol. The predicted octanol–water partition coefficient (Wildman–Crippen LogP) is 4.72. The summed E-state index contributed by atoms with van der Waals surface area (Å²) in [5.74, 6) is 0.841. The van der Waals surface area contributed by atoms with Gasteiger partial charge >= 0.3 is 0 Å². The molecule has 0 amide bonds. The minimum absolute atomic E-state index is 0.0407. The highest BCUT2D eigenvalue weighted by Gasteiger charge is 2.24. The van der Waals surface area contributed by atoms with Crippen molar-refractivity contribution in [1.82, 2.24) is 0 Å². The van der Waals surface area contributed by atoms with E-state index in [4.69, 9.17) is 15.6 Å². The molecule has 3 rings (SSSR count). The van der Waals surface area contributed by atoms with Crippen LogP contribution in [0.5, 0.6) is 5.75 Å². The van der Waals surface area contributed by atoms with Gasteiger partial charge in [0.1, 0.15) is 12.4 Å². The van der Waals surface area contributed by atoms with Crippen LogP contribution in [0.1, 0.15) is 30.9 Å². The highest BCUT2D eigenvalue weighted by Crippen LogP contribution is 2.32. The van der Waals surface area contributed by atoms with Gasteiger partial charge in [-0.15, -0.1) is 0 Å². The largest absolute Gasteiger partial charge is 0.489 e. The minimum Gasteiger partial charge on any atom is -0.489 e. The van der Waals surface area contributed by atoms with Crippen molar-refractivity contribution in [3.05, 3.63) is 90.0 Å². The van der Waals surface area contributed by atoms with E-state index in [1.54, 1.807) is 11.8 Å². The maximum atomic E-state index is 9.98. The van der Waals surface area contributed by atoms with Crippen molar-refractivity contribution in [2.45, 2.75) is 47.8 Å². The van der Waals surface area contributed by atoms with Crippen LogP contribution in [-0.2, 0) is 12.1 Å². The van der Waals surface area contributed by atoms with Crippen LogP contribution in [-0.4, -0.2) is 22.9 Å². The summed E-state index contributed by atoms with van der Waals surface area (Å²) in [5, 5.41) is 19.0. The van der Waals surface area contributed by atoms with E-state index in [0.29, 0.717) is 19.4 Å². The van der Waals surface area contributed by atoms with Crippen LogP contribution in [0.2, 0.25) is 0 Å². The van der Waals surface area contributed by atoms with Gasteiger partial charge in [-0.1, -0.05) is 60.3 Å². The maximum Gasteiger partial charge on any atom is 0.120 e. The van der Waals surface area contributed by atoms with Crippen LogP contribution < -0.4 is 10.5 Å². The molecule has 0 spiro atoms. The van der Waals surface area contributed by atoms with Gasteiger partial charge < -0.3 is 20.7 Å². The zero-order valence-corrected chi connectivity index (χ0v) is 18.0. The van der Waals surface area contributed by atoms with Crippen LogP contribution >= 0.6 is 11.8 Å². The molecule has 0 aliphatic heterocycles. The Labute approximate surface area is 182 Å². The lowest BCUT2D eigenvalue weighted by molar-refractivity contribution is 0.103. The molecule has 0 saturated heterocycles. The van der Waals surface area contributed by atoms with Crippen molar-refractivity contribution in [2.24, 2.45) is 5.73 Å². The number of benzene rings is 3. The van der Waals surface area contributed by atoms with E-state index in [1.165, 1.54) is 0 Å². The molecule has 0 aromatic heterocycles. The summed E-state index contributed by atoms with van der Waals surface area (Å²) >= 11 is 1.66. The summed E-state index contributed by atoms with van der Waals surface area (Å²) in [4.78, 5) is 2.20. The number of hydrogen-bond acceptors (Lipinski definition) is 5. The van der Waals surface area contributed by atoms with Crippen LogP contribution in [0.3, 0.4) is 0 Å². The average Bonchev–Trinajstić information content (AvgIpc) is 2.73. The van der Waals surface area contributed by atoms with Crippen molar-refractivity contribution < 1.29 is 14.9 Å².